The molecule has 3 rings (SSSR count). The summed E-state index contributed by atoms with van der Waals surface area (Å²) in [7, 11) is 0. The zero-order valence-electron chi connectivity index (χ0n) is 9.44. The van der Waals surface area contributed by atoms with Gasteiger partial charge in [-0.1, -0.05) is 30.7 Å². The van der Waals surface area contributed by atoms with Crippen molar-refractivity contribution < 1.29 is 0 Å². The van der Waals surface area contributed by atoms with Gasteiger partial charge in [0, 0.05) is 5.02 Å². The molecule has 1 fully saturated rings. The van der Waals surface area contributed by atoms with E-state index in [1.54, 1.807) is 0 Å². The summed E-state index contributed by atoms with van der Waals surface area (Å²) in [5.74, 6) is 0. The molecule has 1 aliphatic rings. The zero-order valence-corrected chi connectivity index (χ0v) is 10.2. The van der Waals surface area contributed by atoms with Crippen LogP contribution in [0.25, 0.3) is 11.0 Å². The van der Waals surface area contributed by atoms with Crippen molar-refractivity contribution in [1.29, 1.82) is 0 Å². The molecular weight excluding hydrogens is 222 g/mol. The monoisotopic (exact) mass is 235 g/mol. The summed E-state index contributed by atoms with van der Waals surface area (Å²) < 4.78 is 2.04. The molecule has 0 N–H and O–H groups in total. The lowest BCUT2D eigenvalue weighted by molar-refractivity contribution is 0.0966. The Labute approximate surface area is 99.4 Å². The molecule has 1 aromatic heterocycles. The van der Waals surface area contributed by atoms with Crippen LogP contribution >= 0.6 is 11.6 Å². The van der Waals surface area contributed by atoms with E-state index in [9.17, 15) is 0 Å². The quantitative estimate of drug-likeness (QED) is 0.758. The number of halogens is 1. The third kappa shape index (κ3) is 1.50. The molecule has 0 spiro atoms. The number of nitrogens with zero attached hydrogens (tertiary/aromatic N) is 3. The Morgan fingerprint density at radius 3 is 2.81 bits per heavy atom. The van der Waals surface area contributed by atoms with Crippen LogP contribution in [0.15, 0.2) is 18.2 Å². The van der Waals surface area contributed by atoms with Crippen molar-refractivity contribution in [2.24, 2.45) is 5.41 Å². The average molecular weight is 236 g/mol. The number of hydrogen-bond acceptors (Lipinski definition) is 2. The van der Waals surface area contributed by atoms with Crippen LogP contribution in [0.3, 0.4) is 0 Å². The molecular formula is C12H14ClN3. The van der Waals surface area contributed by atoms with E-state index in [1.807, 2.05) is 22.9 Å². The fourth-order valence-electron chi connectivity index (χ4n) is 2.57. The Morgan fingerprint density at radius 1 is 1.38 bits per heavy atom. The predicted octanol–water partition coefficient (Wildman–Crippen LogP) is 3.45. The van der Waals surface area contributed by atoms with E-state index in [0.717, 1.165) is 11.0 Å². The van der Waals surface area contributed by atoms with E-state index < -0.39 is 0 Å². The van der Waals surface area contributed by atoms with Crippen LogP contribution < -0.4 is 0 Å². The largest absolute Gasteiger partial charge is 0.242 e. The Balaban J connectivity index is 2.00. The van der Waals surface area contributed by atoms with Crippen molar-refractivity contribution >= 4 is 22.6 Å². The fourth-order valence-corrected chi connectivity index (χ4v) is 2.74. The van der Waals surface area contributed by atoms with E-state index >= 15 is 0 Å². The number of hydrogen-bond donors (Lipinski definition) is 0. The number of fused-ring (bicyclic) bond motifs is 1. The lowest BCUT2D eigenvalue weighted by atomic mass is 9.68. The topological polar surface area (TPSA) is 30.7 Å². The molecule has 84 valence electrons. The molecule has 3 nitrogen and oxygen atoms in total. The average Bonchev–Trinajstić information content (AvgIpc) is 2.56. The minimum absolute atomic E-state index is 0.454. The van der Waals surface area contributed by atoms with Crippen LogP contribution in [-0.4, -0.2) is 15.0 Å². The van der Waals surface area contributed by atoms with Crippen molar-refractivity contribution in [3.05, 3.63) is 23.2 Å². The Hall–Kier alpha value is -1.09. The van der Waals surface area contributed by atoms with Gasteiger partial charge in [-0.05, 0) is 36.5 Å². The summed E-state index contributed by atoms with van der Waals surface area (Å²) in [6, 6.07) is 6.27. The summed E-state index contributed by atoms with van der Waals surface area (Å²) >= 11 is 5.92. The maximum absolute atomic E-state index is 5.92. The summed E-state index contributed by atoms with van der Waals surface area (Å²) in [6.07, 6.45) is 2.35. The van der Waals surface area contributed by atoms with E-state index in [2.05, 4.69) is 24.2 Å². The Morgan fingerprint density at radius 2 is 2.12 bits per heavy atom. The number of benzene rings is 1. The minimum atomic E-state index is 0.454. The third-order valence-corrected chi connectivity index (χ3v) is 3.59. The Kier molecular flexibility index (Phi) is 2.02. The normalized spacial score (nSPS) is 19.9. The molecule has 16 heavy (non-hydrogen) atoms. The molecule has 0 aliphatic heterocycles. The maximum atomic E-state index is 5.92. The van der Waals surface area contributed by atoms with Gasteiger partial charge in [0.15, 0.2) is 0 Å². The second-order valence-corrected chi connectivity index (χ2v) is 5.83. The van der Waals surface area contributed by atoms with Gasteiger partial charge < -0.3 is 0 Å². The molecule has 1 saturated carbocycles. The molecule has 0 atom stereocenters. The van der Waals surface area contributed by atoms with Gasteiger partial charge in [0.05, 0.1) is 11.6 Å². The summed E-state index contributed by atoms with van der Waals surface area (Å²) in [5.41, 5.74) is 2.43. The van der Waals surface area contributed by atoms with Crippen LogP contribution in [0, 0.1) is 5.41 Å². The highest BCUT2D eigenvalue weighted by Gasteiger charge is 2.38. The van der Waals surface area contributed by atoms with Crippen molar-refractivity contribution in [1.82, 2.24) is 15.0 Å². The predicted molar refractivity (Wildman–Crippen MR) is 64.6 cm³/mol. The second-order valence-electron chi connectivity index (χ2n) is 5.39. The first kappa shape index (κ1) is 10.1. The first-order chi connectivity index (χ1) is 7.55. The standard InChI is InChI=1S/C12H14ClN3/c1-12(2)6-9(7-12)16-11-4-3-8(13)5-10(11)14-15-16/h3-5,9H,6-7H2,1-2H3. The highest BCUT2D eigenvalue weighted by Crippen LogP contribution is 2.48. The molecule has 0 amide bonds. The fraction of sp³-hybridized carbons (Fsp3) is 0.500. The molecule has 1 aliphatic carbocycles. The van der Waals surface area contributed by atoms with Gasteiger partial charge >= 0.3 is 0 Å². The van der Waals surface area contributed by atoms with Gasteiger partial charge in [-0.25, -0.2) is 4.68 Å². The highest BCUT2D eigenvalue weighted by atomic mass is 35.5. The van der Waals surface area contributed by atoms with Crippen LogP contribution in [0.4, 0.5) is 0 Å². The van der Waals surface area contributed by atoms with E-state index in [-0.39, 0.29) is 0 Å². The van der Waals surface area contributed by atoms with Crippen LogP contribution in [0.1, 0.15) is 32.7 Å². The molecule has 2 aromatic rings. The van der Waals surface area contributed by atoms with E-state index in [0.29, 0.717) is 16.5 Å². The van der Waals surface area contributed by atoms with E-state index in [4.69, 9.17) is 11.6 Å². The lowest BCUT2D eigenvalue weighted by Crippen LogP contribution is -2.34. The molecule has 0 saturated heterocycles. The minimum Gasteiger partial charge on any atom is -0.242 e. The lowest BCUT2D eigenvalue weighted by Gasteiger charge is -2.42. The molecule has 0 unspecified atom stereocenters. The SMILES string of the molecule is CC1(C)CC(n2nnc3cc(Cl)ccc32)C1. The maximum Gasteiger partial charge on any atom is 0.114 e. The van der Waals surface area contributed by atoms with Crippen LogP contribution in [0.2, 0.25) is 5.02 Å². The van der Waals surface area contributed by atoms with Gasteiger partial charge in [0.2, 0.25) is 0 Å². The van der Waals surface area contributed by atoms with Crippen molar-refractivity contribution in [2.45, 2.75) is 32.7 Å². The first-order valence-electron chi connectivity index (χ1n) is 5.56. The Bertz CT molecular complexity index is 536. The van der Waals surface area contributed by atoms with Gasteiger partial charge in [0.25, 0.3) is 0 Å². The summed E-state index contributed by atoms with van der Waals surface area (Å²) in [6.45, 7) is 4.58. The van der Waals surface area contributed by atoms with E-state index in [1.165, 1.54) is 12.8 Å². The summed E-state index contributed by atoms with van der Waals surface area (Å²) in [5, 5.41) is 9.11. The number of rotatable bonds is 1. The number of aromatic nitrogens is 3. The third-order valence-electron chi connectivity index (χ3n) is 3.36. The molecule has 0 radical (unpaired) electrons. The van der Waals surface area contributed by atoms with Gasteiger partial charge in [-0.2, -0.15) is 0 Å². The van der Waals surface area contributed by atoms with Crippen molar-refractivity contribution in [2.75, 3.05) is 0 Å². The van der Waals surface area contributed by atoms with Gasteiger partial charge in [-0.15, -0.1) is 5.10 Å². The van der Waals surface area contributed by atoms with Gasteiger partial charge in [0.1, 0.15) is 5.52 Å². The second kappa shape index (κ2) is 3.20. The van der Waals surface area contributed by atoms with Gasteiger partial charge in [-0.3, -0.25) is 0 Å². The smallest absolute Gasteiger partial charge is 0.114 e. The first-order valence-corrected chi connectivity index (χ1v) is 5.93. The summed E-state index contributed by atoms with van der Waals surface area (Å²) in [4.78, 5) is 0. The molecule has 4 heteroatoms. The highest BCUT2D eigenvalue weighted by molar-refractivity contribution is 6.31. The van der Waals surface area contributed by atoms with Crippen LogP contribution in [0.5, 0.6) is 0 Å². The van der Waals surface area contributed by atoms with Crippen molar-refractivity contribution in [3.63, 3.8) is 0 Å². The molecule has 1 aromatic carbocycles. The zero-order chi connectivity index (χ0) is 11.3. The molecule has 1 heterocycles. The van der Waals surface area contributed by atoms with Crippen molar-refractivity contribution in [3.8, 4) is 0 Å². The molecule has 0 bridgehead atoms. The van der Waals surface area contributed by atoms with Crippen LogP contribution in [-0.2, 0) is 0 Å².